The highest BCUT2D eigenvalue weighted by atomic mass is 32.1. The van der Waals surface area contributed by atoms with Crippen LogP contribution >= 0.6 is 11.3 Å². The van der Waals surface area contributed by atoms with Crippen LogP contribution < -0.4 is 5.32 Å². The molecule has 6 rings (SSSR count). The van der Waals surface area contributed by atoms with Crippen LogP contribution in [-0.4, -0.2) is 36.5 Å². The highest BCUT2D eigenvalue weighted by molar-refractivity contribution is 7.17. The summed E-state index contributed by atoms with van der Waals surface area (Å²) in [5, 5.41) is 6.51. The van der Waals surface area contributed by atoms with Crippen LogP contribution in [0.3, 0.4) is 0 Å². The van der Waals surface area contributed by atoms with Gasteiger partial charge in [0.2, 0.25) is 0 Å². The van der Waals surface area contributed by atoms with Crippen LogP contribution in [0.25, 0.3) is 10.1 Å². The van der Waals surface area contributed by atoms with Gasteiger partial charge in [0.1, 0.15) is 0 Å². The van der Waals surface area contributed by atoms with Crippen LogP contribution in [0, 0.1) is 17.8 Å². The van der Waals surface area contributed by atoms with Crippen molar-refractivity contribution in [3.8, 4) is 0 Å². The lowest BCUT2D eigenvalue weighted by molar-refractivity contribution is -0.0418. The molecule has 1 aliphatic carbocycles. The summed E-state index contributed by atoms with van der Waals surface area (Å²) in [5.74, 6) is 2.35. The van der Waals surface area contributed by atoms with E-state index < -0.39 is 0 Å². The second-order valence-corrected chi connectivity index (χ2v) is 8.13. The summed E-state index contributed by atoms with van der Waals surface area (Å²) >= 11 is 1.66. The number of benzene rings is 1. The molecule has 3 saturated heterocycles. The third-order valence-electron chi connectivity index (χ3n) is 5.81. The Bertz CT molecular complexity index is 710. The summed E-state index contributed by atoms with van der Waals surface area (Å²) in [6.07, 6.45) is 2.62. The van der Waals surface area contributed by atoms with Gasteiger partial charge in [0.05, 0.1) is 5.56 Å². The fraction of sp³-hybridized carbons (Fsp3) is 0.500. The van der Waals surface area contributed by atoms with E-state index >= 15 is 0 Å². The minimum atomic E-state index is 0.130. The van der Waals surface area contributed by atoms with Gasteiger partial charge < -0.3 is 10.2 Å². The first-order valence-electron chi connectivity index (χ1n) is 8.27. The van der Waals surface area contributed by atoms with Gasteiger partial charge in [-0.3, -0.25) is 4.79 Å². The molecule has 4 heteroatoms. The number of carbonyl (C=O) groups excluding carboxylic acids is 1. The van der Waals surface area contributed by atoms with Crippen molar-refractivity contribution >= 4 is 27.3 Å². The van der Waals surface area contributed by atoms with Crippen LogP contribution in [0.4, 0.5) is 0 Å². The number of amides is 1. The van der Waals surface area contributed by atoms with Crippen molar-refractivity contribution in [1.82, 2.24) is 10.2 Å². The van der Waals surface area contributed by atoms with Crippen molar-refractivity contribution in [2.75, 3.05) is 19.6 Å². The van der Waals surface area contributed by atoms with Crippen LogP contribution in [0.1, 0.15) is 23.2 Å². The molecule has 1 amide bonds. The van der Waals surface area contributed by atoms with Gasteiger partial charge in [-0.05, 0) is 36.7 Å². The Morgan fingerprint density at radius 2 is 1.91 bits per heavy atom. The summed E-state index contributed by atoms with van der Waals surface area (Å²) in [7, 11) is 0. The zero-order valence-electron chi connectivity index (χ0n) is 12.5. The number of piperidine rings is 3. The maximum atomic E-state index is 12.8. The minimum Gasteiger partial charge on any atom is -0.349 e. The second kappa shape index (κ2) is 4.80. The smallest absolute Gasteiger partial charge is 0.252 e. The lowest BCUT2D eigenvalue weighted by Gasteiger charge is -2.55. The normalized spacial score (nSPS) is 35.9. The Kier molecular flexibility index (Phi) is 2.86. The number of nitrogens with one attached hydrogen (secondary N) is 1. The highest BCUT2D eigenvalue weighted by Gasteiger charge is 2.47. The Hall–Kier alpha value is -1.39. The van der Waals surface area contributed by atoms with Gasteiger partial charge in [0, 0.05) is 41.1 Å². The summed E-state index contributed by atoms with van der Waals surface area (Å²) in [4.78, 5) is 15.4. The largest absolute Gasteiger partial charge is 0.349 e. The molecule has 3 nitrogen and oxygen atoms in total. The predicted molar refractivity (Wildman–Crippen MR) is 89.2 cm³/mol. The molecule has 2 aromatic rings. The molecular weight excluding hydrogens is 292 g/mol. The Morgan fingerprint density at radius 3 is 2.68 bits per heavy atom. The molecular formula is C18H20N2OS. The Labute approximate surface area is 134 Å². The molecule has 3 aliphatic heterocycles. The number of thiophene rings is 1. The maximum Gasteiger partial charge on any atom is 0.252 e. The van der Waals surface area contributed by atoms with E-state index in [0.717, 1.165) is 16.9 Å². The Balaban J connectivity index is 1.41. The average Bonchev–Trinajstić information content (AvgIpc) is 2.94. The number of rotatable bonds is 2. The van der Waals surface area contributed by atoms with Crippen LogP contribution in [0.15, 0.2) is 29.6 Å². The summed E-state index contributed by atoms with van der Waals surface area (Å²) in [6.45, 7) is 3.66. The Morgan fingerprint density at radius 1 is 1.14 bits per heavy atom. The third kappa shape index (κ3) is 1.94. The first kappa shape index (κ1) is 13.1. The topological polar surface area (TPSA) is 32.3 Å². The monoisotopic (exact) mass is 312 g/mol. The van der Waals surface area contributed by atoms with E-state index in [-0.39, 0.29) is 5.91 Å². The highest BCUT2D eigenvalue weighted by Crippen LogP contribution is 2.43. The van der Waals surface area contributed by atoms with Gasteiger partial charge in [-0.2, -0.15) is 0 Å². The zero-order valence-corrected chi connectivity index (χ0v) is 13.3. The van der Waals surface area contributed by atoms with Gasteiger partial charge in [-0.15, -0.1) is 11.3 Å². The fourth-order valence-electron chi connectivity index (χ4n) is 5.03. The van der Waals surface area contributed by atoms with Crippen LogP contribution in [0.5, 0.6) is 0 Å². The molecule has 0 radical (unpaired) electrons. The summed E-state index contributed by atoms with van der Waals surface area (Å²) < 4.78 is 1.20. The molecule has 1 aromatic heterocycles. The predicted octanol–water partition coefficient (Wildman–Crippen LogP) is 2.97. The van der Waals surface area contributed by atoms with Crippen molar-refractivity contribution in [1.29, 1.82) is 0 Å². The average molecular weight is 312 g/mol. The van der Waals surface area contributed by atoms with Crippen molar-refractivity contribution in [2.24, 2.45) is 17.8 Å². The van der Waals surface area contributed by atoms with E-state index in [9.17, 15) is 4.79 Å². The molecule has 2 atom stereocenters. The van der Waals surface area contributed by atoms with E-state index in [1.807, 2.05) is 17.5 Å². The molecule has 22 heavy (non-hydrogen) atoms. The number of carbonyl (C=O) groups is 1. The van der Waals surface area contributed by atoms with Crippen molar-refractivity contribution in [2.45, 2.75) is 18.9 Å². The van der Waals surface area contributed by atoms with E-state index in [2.05, 4.69) is 22.3 Å². The number of hydrogen-bond donors (Lipinski definition) is 1. The number of hydrogen-bond acceptors (Lipinski definition) is 3. The lowest BCUT2D eigenvalue weighted by Crippen LogP contribution is -2.64. The van der Waals surface area contributed by atoms with Gasteiger partial charge in [-0.25, -0.2) is 0 Å². The molecule has 4 heterocycles. The molecule has 4 aliphatic rings. The molecule has 4 fully saturated rings. The standard InChI is InChI=1S/C18H20N2OS/c21-18(15-10-22-16-4-2-1-3-14(15)16)19-17-12-5-11-6-13(17)9-20(7-11)8-12/h1-4,10-13,17H,5-9H2,(H,19,21)/t11?,12-,13-,17?/m0/s1. The second-order valence-electron chi connectivity index (χ2n) is 7.22. The zero-order chi connectivity index (χ0) is 14.7. The van der Waals surface area contributed by atoms with E-state index in [1.165, 1.54) is 37.2 Å². The number of fused-ring (bicyclic) bond motifs is 1. The molecule has 0 unspecified atom stereocenters. The van der Waals surface area contributed by atoms with Crippen LogP contribution in [-0.2, 0) is 0 Å². The van der Waals surface area contributed by atoms with Crippen molar-refractivity contribution in [3.63, 3.8) is 0 Å². The minimum absolute atomic E-state index is 0.130. The first-order chi connectivity index (χ1) is 10.8. The number of nitrogens with zero attached hydrogens (tertiary/aromatic N) is 1. The maximum absolute atomic E-state index is 12.8. The van der Waals surface area contributed by atoms with E-state index in [4.69, 9.17) is 0 Å². The van der Waals surface area contributed by atoms with Crippen LogP contribution in [0.2, 0.25) is 0 Å². The van der Waals surface area contributed by atoms with E-state index in [1.54, 1.807) is 11.3 Å². The quantitative estimate of drug-likeness (QED) is 0.924. The van der Waals surface area contributed by atoms with Crippen molar-refractivity contribution in [3.05, 3.63) is 35.2 Å². The molecule has 1 aromatic carbocycles. The SMILES string of the molecule is O=C(NC1[C@H]2CC3C[C@H]1CN(C3)C2)c1csc2ccccc12. The van der Waals surface area contributed by atoms with Crippen molar-refractivity contribution < 1.29 is 4.79 Å². The fourth-order valence-corrected chi connectivity index (χ4v) is 5.97. The molecule has 114 valence electrons. The van der Waals surface area contributed by atoms with Gasteiger partial charge in [0.15, 0.2) is 0 Å². The van der Waals surface area contributed by atoms with Gasteiger partial charge in [0.25, 0.3) is 5.91 Å². The molecule has 0 spiro atoms. The summed E-state index contributed by atoms with van der Waals surface area (Å²) in [5.41, 5.74) is 0.856. The first-order valence-corrected chi connectivity index (χ1v) is 9.15. The van der Waals surface area contributed by atoms with Gasteiger partial charge in [-0.1, -0.05) is 18.2 Å². The lowest BCUT2D eigenvalue weighted by atomic mass is 9.65. The summed E-state index contributed by atoms with van der Waals surface area (Å²) in [6, 6.07) is 8.59. The van der Waals surface area contributed by atoms with Gasteiger partial charge >= 0.3 is 0 Å². The molecule has 1 N–H and O–H groups in total. The third-order valence-corrected chi connectivity index (χ3v) is 6.78. The molecule has 4 bridgehead atoms. The van der Waals surface area contributed by atoms with E-state index in [0.29, 0.717) is 17.9 Å². The molecule has 1 saturated carbocycles.